The number of nitrogens with zero attached hydrogens (tertiary/aromatic N) is 2. The lowest BCUT2D eigenvalue weighted by Gasteiger charge is -2.40. The summed E-state index contributed by atoms with van der Waals surface area (Å²) in [4.78, 5) is 4.20. The number of imidazole rings is 1. The molecule has 122 valence electrons. The minimum atomic E-state index is -0.239. The standard InChI is InChI=1S/C19H16Cl2N2S/c20-15-5-6-17(18(21)11-15)19(12-23-9-8-22-13-23)16-4-2-1-3-14(16)7-10-24-19/h1-6,8-9,11,13H,7,10,12H2. The van der Waals surface area contributed by atoms with E-state index in [-0.39, 0.29) is 4.75 Å². The summed E-state index contributed by atoms with van der Waals surface area (Å²) in [5.74, 6) is 1.06. The fourth-order valence-corrected chi connectivity index (χ4v) is 5.66. The van der Waals surface area contributed by atoms with Crippen molar-refractivity contribution in [2.75, 3.05) is 5.75 Å². The first-order chi connectivity index (χ1) is 11.7. The van der Waals surface area contributed by atoms with Gasteiger partial charge in [-0.1, -0.05) is 53.5 Å². The van der Waals surface area contributed by atoms with Crippen molar-refractivity contribution in [3.8, 4) is 0 Å². The molecule has 0 amide bonds. The molecule has 24 heavy (non-hydrogen) atoms. The molecule has 3 aromatic rings. The number of thioether (sulfide) groups is 1. The molecule has 0 fully saturated rings. The van der Waals surface area contributed by atoms with Gasteiger partial charge in [0.1, 0.15) is 0 Å². The Kier molecular flexibility index (Phi) is 4.33. The Morgan fingerprint density at radius 3 is 2.79 bits per heavy atom. The van der Waals surface area contributed by atoms with Crippen LogP contribution in [0.15, 0.2) is 61.2 Å². The Morgan fingerprint density at radius 1 is 1.12 bits per heavy atom. The highest BCUT2D eigenvalue weighted by Gasteiger charge is 2.40. The lowest BCUT2D eigenvalue weighted by molar-refractivity contribution is 0.571. The zero-order chi connectivity index (χ0) is 16.6. The number of aryl methyl sites for hydroxylation is 1. The molecule has 0 bridgehead atoms. The molecule has 0 N–H and O–H groups in total. The minimum Gasteiger partial charge on any atom is -0.335 e. The summed E-state index contributed by atoms with van der Waals surface area (Å²) < 4.78 is 1.89. The highest BCUT2D eigenvalue weighted by molar-refractivity contribution is 8.00. The third-order valence-corrected chi connectivity index (χ3v) is 6.52. The number of hydrogen-bond donors (Lipinski definition) is 0. The van der Waals surface area contributed by atoms with Crippen LogP contribution in [0.25, 0.3) is 0 Å². The maximum Gasteiger partial charge on any atom is 0.0946 e. The number of rotatable bonds is 3. The predicted octanol–water partition coefficient (Wildman–Crippen LogP) is 5.42. The molecule has 0 radical (unpaired) electrons. The van der Waals surface area contributed by atoms with Gasteiger partial charge in [0, 0.05) is 29.0 Å². The largest absolute Gasteiger partial charge is 0.335 e. The van der Waals surface area contributed by atoms with Gasteiger partial charge in [0.2, 0.25) is 0 Å². The molecule has 2 nitrogen and oxygen atoms in total. The molecule has 0 spiro atoms. The maximum atomic E-state index is 6.64. The van der Waals surface area contributed by atoms with E-state index in [1.54, 1.807) is 0 Å². The van der Waals surface area contributed by atoms with Gasteiger partial charge in [0.05, 0.1) is 11.1 Å². The Hall–Kier alpha value is -1.42. The van der Waals surface area contributed by atoms with Gasteiger partial charge >= 0.3 is 0 Å². The van der Waals surface area contributed by atoms with Crippen LogP contribution >= 0.6 is 35.0 Å². The number of aromatic nitrogens is 2. The van der Waals surface area contributed by atoms with Crippen LogP contribution in [0.1, 0.15) is 16.7 Å². The zero-order valence-corrected chi connectivity index (χ0v) is 15.3. The number of fused-ring (bicyclic) bond motifs is 1. The summed E-state index contributed by atoms with van der Waals surface area (Å²) >= 11 is 14.7. The molecule has 1 unspecified atom stereocenters. The summed E-state index contributed by atoms with van der Waals surface area (Å²) in [6, 6.07) is 14.5. The van der Waals surface area contributed by atoms with E-state index in [9.17, 15) is 0 Å². The van der Waals surface area contributed by atoms with Crippen molar-refractivity contribution >= 4 is 35.0 Å². The van der Waals surface area contributed by atoms with Gasteiger partial charge in [-0.05, 0) is 41.0 Å². The molecule has 5 heteroatoms. The predicted molar refractivity (Wildman–Crippen MR) is 102 cm³/mol. The summed E-state index contributed by atoms with van der Waals surface area (Å²) in [5, 5.41) is 1.38. The van der Waals surface area contributed by atoms with E-state index in [0.717, 1.165) is 24.3 Å². The van der Waals surface area contributed by atoms with E-state index < -0.39 is 0 Å². The van der Waals surface area contributed by atoms with Crippen molar-refractivity contribution in [3.05, 3.63) is 87.9 Å². The van der Waals surface area contributed by atoms with Crippen molar-refractivity contribution in [1.82, 2.24) is 9.55 Å². The van der Waals surface area contributed by atoms with Gasteiger partial charge in [-0.25, -0.2) is 4.98 Å². The van der Waals surface area contributed by atoms with E-state index in [4.69, 9.17) is 23.2 Å². The first-order valence-corrected chi connectivity index (χ1v) is 9.57. The zero-order valence-electron chi connectivity index (χ0n) is 13.0. The minimum absolute atomic E-state index is 0.239. The molecule has 0 saturated heterocycles. The fraction of sp³-hybridized carbons (Fsp3) is 0.211. The molecule has 1 aliphatic heterocycles. The lowest BCUT2D eigenvalue weighted by atomic mass is 9.85. The highest BCUT2D eigenvalue weighted by Crippen LogP contribution is 2.51. The Labute approximate surface area is 155 Å². The number of benzene rings is 2. The molecule has 0 saturated carbocycles. The molecular weight excluding hydrogens is 359 g/mol. The Morgan fingerprint density at radius 2 is 2.00 bits per heavy atom. The summed E-state index contributed by atoms with van der Waals surface area (Å²) in [5.41, 5.74) is 3.83. The average Bonchev–Trinajstić information content (AvgIpc) is 3.08. The van der Waals surface area contributed by atoms with Crippen LogP contribution in [0.4, 0.5) is 0 Å². The van der Waals surface area contributed by atoms with E-state index in [1.165, 1.54) is 11.1 Å². The first kappa shape index (κ1) is 16.1. The van der Waals surface area contributed by atoms with Gasteiger partial charge in [-0.15, -0.1) is 11.8 Å². The molecule has 2 aromatic carbocycles. The molecule has 1 aliphatic rings. The number of hydrogen-bond acceptors (Lipinski definition) is 2. The molecule has 4 rings (SSSR count). The fourth-order valence-electron chi connectivity index (χ4n) is 3.44. The van der Waals surface area contributed by atoms with Crippen LogP contribution < -0.4 is 0 Å². The van der Waals surface area contributed by atoms with Gasteiger partial charge in [0.25, 0.3) is 0 Å². The third-order valence-electron chi connectivity index (χ3n) is 4.50. The van der Waals surface area contributed by atoms with E-state index in [2.05, 4.69) is 39.9 Å². The van der Waals surface area contributed by atoms with Crippen molar-refractivity contribution in [1.29, 1.82) is 0 Å². The second-order valence-corrected chi connectivity index (χ2v) is 8.18. The quantitative estimate of drug-likeness (QED) is 0.608. The molecule has 0 aliphatic carbocycles. The van der Waals surface area contributed by atoms with Crippen LogP contribution in [0.2, 0.25) is 10.0 Å². The van der Waals surface area contributed by atoms with Crippen molar-refractivity contribution in [3.63, 3.8) is 0 Å². The Bertz CT molecular complexity index is 864. The molecule has 1 atom stereocenters. The van der Waals surface area contributed by atoms with Crippen LogP contribution in [-0.4, -0.2) is 15.3 Å². The van der Waals surface area contributed by atoms with Gasteiger partial charge in [0.15, 0.2) is 0 Å². The molecule has 2 heterocycles. The first-order valence-electron chi connectivity index (χ1n) is 7.83. The van der Waals surface area contributed by atoms with Crippen molar-refractivity contribution < 1.29 is 0 Å². The topological polar surface area (TPSA) is 17.8 Å². The van der Waals surface area contributed by atoms with E-state index in [1.807, 2.05) is 42.6 Å². The molecule has 1 aromatic heterocycles. The van der Waals surface area contributed by atoms with E-state index >= 15 is 0 Å². The molecular formula is C19H16Cl2N2S. The van der Waals surface area contributed by atoms with E-state index in [0.29, 0.717) is 10.0 Å². The van der Waals surface area contributed by atoms with Crippen LogP contribution in [0.5, 0.6) is 0 Å². The second kappa shape index (κ2) is 6.47. The summed E-state index contributed by atoms with van der Waals surface area (Å²) in [6.07, 6.45) is 6.76. The van der Waals surface area contributed by atoms with Crippen LogP contribution in [-0.2, 0) is 17.7 Å². The van der Waals surface area contributed by atoms with Gasteiger partial charge in [-0.3, -0.25) is 0 Å². The van der Waals surface area contributed by atoms with Crippen molar-refractivity contribution in [2.24, 2.45) is 0 Å². The summed E-state index contributed by atoms with van der Waals surface area (Å²) in [6.45, 7) is 0.788. The third kappa shape index (κ3) is 2.75. The monoisotopic (exact) mass is 374 g/mol. The average molecular weight is 375 g/mol. The normalized spacial score (nSPS) is 19.9. The van der Waals surface area contributed by atoms with Crippen LogP contribution in [0.3, 0.4) is 0 Å². The number of halogens is 2. The smallest absolute Gasteiger partial charge is 0.0946 e. The lowest BCUT2D eigenvalue weighted by Crippen LogP contribution is -2.34. The SMILES string of the molecule is Clc1ccc(C2(Cn3ccnc3)SCCc3ccccc32)c(Cl)c1. The van der Waals surface area contributed by atoms with Gasteiger partial charge < -0.3 is 4.57 Å². The maximum absolute atomic E-state index is 6.64. The van der Waals surface area contributed by atoms with Gasteiger partial charge in [-0.2, -0.15) is 0 Å². The van der Waals surface area contributed by atoms with Crippen LogP contribution in [0, 0.1) is 0 Å². The summed E-state index contributed by atoms with van der Waals surface area (Å²) in [7, 11) is 0. The van der Waals surface area contributed by atoms with Crippen molar-refractivity contribution in [2.45, 2.75) is 17.7 Å². The second-order valence-electron chi connectivity index (χ2n) is 5.94. The highest BCUT2D eigenvalue weighted by atomic mass is 35.5. The Balaban J connectivity index is 1.94.